The van der Waals surface area contributed by atoms with Crippen molar-refractivity contribution in [1.29, 1.82) is 0 Å². The monoisotopic (exact) mass is 263 g/mol. The average Bonchev–Trinajstić information content (AvgIpc) is 2.90. The fraction of sp³-hybridized carbons (Fsp3) is 0.333. The smallest absolute Gasteiger partial charge is 0.293 e. The summed E-state index contributed by atoms with van der Waals surface area (Å²) < 4.78 is 12.9. The molecule has 2 aromatic rings. The highest BCUT2D eigenvalue weighted by Crippen LogP contribution is 2.22. The number of nitrogens with one attached hydrogen (secondary N) is 2. The van der Waals surface area contributed by atoms with Crippen molar-refractivity contribution < 1.29 is 9.18 Å². The Balaban J connectivity index is 2.17. The summed E-state index contributed by atoms with van der Waals surface area (Å²) in [4.78, 5) is 11.9. The lowest BCUT2D eigenvalue weighted by molar-refractivity contribution is 0.0915. The fourth-order valence-corrected chi connectivity index (χ4v) is 1.77. The summed E-state index contributed by atoms with van der Waals surface area (Å²) in [6, 6.07) is 5.79. The standard InChI is InChI=1S/C12H14FN5O/c1-7(2)10(8-3-5-9(13)6-4-8)14-12(19)11-15-17-18-16-11/h3-7,10H,1-2H3,(H,14,19)(H,15,16,17,18). The largest absolute Gasteiger partial charge is 0.342 e. The van der Waals surface area contributed by atoms with E-state index in [4.69, 9.17) is 0 Å². The molecule has 0 saturated carbocycles. The first kappa shape index (κ1) is 13.1. The summed E-state index contributed by atoms with van der Waals surface area (Å²) in [7, 11) is 0. The maximum atomic E-state index is 12.9. The number of H-pyrrole nitrogens is 1. The number of hydrogen-bond donors (Lipinski definition) is 2. The van der Waals surface area contributed by atoms with E-state index in [2.05, 4.69) is 25.9 Å². The van der Waals surface area contributed by atoms with Gasteiger partial charge in [-0.3, -0.25) is 4.79 Å². The lowest BCUT2D eigenvalue weighted by Gasteiger charge is -2.22. The third-order valence-corrected chi connectivity index (χ3v) is 2.73. The molecular formula is C12H14FN5O. The lowest BCUT2D eigenvalue weighted by Crippen LogP contribution is -2.32. The molecule has 1 aromatic carbocycles. The molecule has 0 aliphatic carbocycles. The van der Waals surface area contributed by atoms with Gasteiger partial charge in [-0.15, -0.1) is 10.2 Å². The van der Waals surface area contributed by atoms with Crippen molar-refractivity contribution in [3.63, 3.8) is 0 Å². The minimum Gasteiger partial charge on any atom is -0.342 e. The van der Waals surface area contributed by atoms with Crippen molar-refractivity contribution in [3.05, 3.63) is 41.5 Å². The zero-order valence-electron chi connectivity index (χ0n) is 10.6. The van der Waals surface area contributed by atoms with Crippen molar-refractivity contribution in [2.24, 2.45) is 5.92 Å². The third kappa shape index (κ3) is 3.12. The van der Waals surface area contributed by atoms with Gasteiger partial charge in [-0.2, -0.15) is 5.21 Å². The van der Waals surface area contributed by atoms with E-state index in [1.54, 1.807) is 12.1 Å². The topological polar surface area (TPSA) is 83.6 Å². The Hall–Kier alpha value is -2.31. The van der Waals surface area contributed by atoms with Gasteiger partial charge in [-0.05, 0) is 28.8 Å². The molecule has 0 fully saturated rings. The van der Waals surface area contributed by atoms with Crippen LogP contribution in [0.5, 0.6) is 0 Å². The van der Waals surface area contributed by atoms with Crippen molar-refractivity contribution in [3.8, 4) is 0 Å². The van der Waals surface area contributed by atoms with Gasteiger partial charge in [-0.1, -0.05) is 26.0 Å². The minimum atomic E-state index is -0.420. The van der Waals surface area contributed by atoms with Crippen molar-refractivity contribution in [2.75, 3.05) is 0 Å². The molecular weight excluding hydrogens is 249 g/mol. The summed E-state index contributed by atoms with van der Waals surface area (Å²) in [5.74, 6) is -0.610. The summed E-state index contributed by atoms with van der Waals surface area (Å²) >= 11 is 0. The van der Waals surface area contributed by atoms with Crippen LogP contribution in [0.15, 0.2) is 24.3 Å². The van der Waals surface area contributed by atoms with E-state index in [1.165, 1.54) is 12.1 Å². The van der Waals surface area contributed by atoms with Gasteiger partial charge in [0.1, 0.15) is 5.82 Å². The second kappa shape index (κ2) is 5.55. The van der Waals surface area contributed by atoms with Crippen molar-refractivity contribution >= 4 is 5.91 Å². The Morgan fingerprint density at radius 3 is 2.53 bits per heavy atom. The van der Waals surface area contributed by atoms with E-state index in [9.17, 15) is 9.18 Å². The van der Waals surface area contributed by atoms with Gasteiger partial charge in [-0.25, -0.2) is 4.39 Å². The number of aromatic nitrogens is 4. The van der Waals surface area contributed by atoms with Crippen LogP contribution in [0.25, 0.3) is 0 Å². The molecule has 0 aliphatic heterocycles. The van der Waals surface area contributed by atoms with Crippen LogP contribution in [0, 0.1) is 11.7 Å². The highest BCUT2D eigenvalue weighted by Gasteiger charge is 2.21. The van der Waals surface area contributed by atoms with Crippen LogP contribution in [-0.4, -0.2) is 26.5 Å². The molecule has 1 unspecified atom stereocenters. The Kier molecular flexibility index (Phi) is 3.84. The molecule has 19 heavy (non-hydrogen) atoms. The molecule has 0 saturated heterocycles. The maximum Gasteiger partial charge on any atom is 0.293 e. The Morgan fingerprint density at radius 2 is 2.00 bits per heavy atom. The van der Waals surface area contributed by atoms with Gasteiger partial charge in [0.25, 0.3) is 11.7 Å². The predicted octanol–water partition coefficient (Wildman–Crippen LogP) is 1.47. The maximum absolute atomic E-state index is 12.9. The first-order valence-electron chi connectivity index (χ1n) is 5.87. The molecule has 1 atom stereocenters. The average molecular weight is 263 g/mol. The molecule has 100 valence electrons. The highest BCUT2D eigenvalue weighted by atomic mass is 19.1. The molecule has 1 amide bonds. The second-order valence-electron chi connectivity index (χ2n) is 4.48. The predicted molar refractivity (Wildman–Crippen MR) is 65.6 cm³/mol. The van der Waals surface area contributed by atoms with E-state index >= 15 is 0 Å². The number of halogens is 1. The quantitative estimate of drug-likeness (QED) is 0.874. The molecule has 0 aliphatic rings. The Morgan fingerprint density at radius 1 is 1.32 bits per heavy atom. The van der Waals surface area contributed by atoms with Crippen LogP contribution in [0.3, 0.4) is 0 Å². The van der Waals surface area contributed by atoms with Gasteiger partial charge < -0.3 is 5.32 Å². The van der Waals surface area contributed by atoms with Gasteiger partial charge >= 0.3 is 0 Å². The molecule has 2 N–H and O–H groups in total. The van der Waals surface area contributed by atoms with Crippen LogP contribution >= 0.6 is 0 Å². The van der Waals surface area contributed by atoms with Crippen LogP contribution < -0.4 is 5.32 Å². The van der Waals surface area contributed by atoms with Crippen molar-refractivity contribution in [2.45, 2.75) is 19.9 Å². The Bertz CT molecular complexity index is 538. The Labute approximate surface area is 109 Å². The summed E-state index contributed by atoms with van der Waals surface area (Å²) in [6.45, 7) is 3.93. The number of rotatable bonds is 4. The molecule has 0 spiro atoms. The number of aromatic amines is 1. The van der Waals surface area contributed by atoms with E-state index < -0.39 is 5.91 Å². The SMILES string of the molecule is CC(C)C(NC(=O)c1nn[nH]n1)c1ccc(F)cc1. The first-order chi connectivity index (χ1) is 9.08. The van der Waals surface area contributed by atoms with E-state index in [0.29, 0.717) is 0 Å². The summed E-state index contributed by atoms with van der Waals surface area (Å²) in [5.41, 5.74) is 0.827. The van der Waals surface area contributed by atoms with Gasteiger partial charge in [0, 0.05) is 0 Å². The number of hydrogen-bond acceptors (Lipinski definition) is 4. The van der Waals surface area contributed by atoms with Crippen LogP contribution in [0.4, 0.5) is 4.39 Å². The highest BCUT2D eigenvalue weighted by molar-refractivity contribution is 5.90. The molecule has 0 bridgehead atoms. The molecule has 2 rings (SSSR count). The van der Waals surface area contributed by atoms with Crippen molar-refractivity contribution in [1.82, 2.24) is 25.9 Å². The first-order valence-corrected chi connectivity index (χ1v) is 5.87. The van der Waals surface area contributed by atoms with Crippen LogP contribution in [-0.2, 0) is 0 Å². The fourth-order valence-electron chi connectivity index (χ4n) is 1.77. The van der Waals surface area contributed by atoms with E-state index in [-0.39, 0.29) is 23.6 Å². The number of carbonyl (C=O) groups is 1. The number of amides is 1. The summed E-state index contributed by atoms with van der Waals surface area (Å²) in [6.07, 6.45) is 0. The van der Waals surface area contributed by atoms with E-state index in [0.717, 1.165) is 5.56 Å². The third-order valence-electron chi connectivity index (χ3n) is 2.73. The van der Waals surface area contributed by atoms with Gasteiger partial charge in [0.15, 0.2) is 0 Å². The van der Waals surface area contributed by atoms with Crippen LogP contribution in [0.1, 0.15) is 36.1 Å². The summed E-state index contributed by atoms with van der Waals surface area (Å²) in [5, 5.41) is 15.6. The number of carbonyl (C=O) groups excluding carboxylic acids is 1. The molecule has 7 heteroatoms. The normalized spacial score (nSPS) is 12.4. The van der Waals surface area contributed by atoms with Gasteiger partial charge in [0.2, 0.25) is 0 Å². The van der Waals surface area contributed by atoms with Gasteiger partial charge in [0.05, 0.1) is 6.04 Å². The second-order valence-corrected chi connectivity index (χ2v) is 4.48. The number of benzene rings is 1. The molecule has 0 radical (unpaired) electrons. The minimum absolute atomic E-state index is 0.0206. The molecule has 1 aromatic heterocycles. The lowest BCUT2D eigenvalue weighted by atomic mass is 9.96. The van der Waals surface area contributed by atoms with Crippen LogP contribution in [0.2, 0.25) is 0 Å². The zero-order valence-corrected chi connectivity index (χ0v) is 10.6. The molecule has 1 heterocycles. The van der Waals surface area contributed by atoms with E-state index in [1.807, 2.05) is 13.8 Å². The number of nitrogens with zero attached hydrogens (tertiary/aromatic N) is 3. The zero-order chi connectivity index (χ0) is 13.8. The number of tetrazole rings is 1. The molecule has 6 nitrogen and oxygen atoms in total.